The van der Waals surface area contributed by atoms with E-state index < -0.39 is 0 Å². The van der Waals surface area contributed by atoms with Crippen molar-refractivity contribution in [1.82, 2.24) is 4.90 Å². The Kier molecular flexibility index (Phi) is 4.80. The molecule has 5 nitrogen and oxygen atoms in total. The van der Waals surface area contributed by atoms with Crippen LogP contribution in [0.15, 0.2) is 60.7 Å². The van der Waals surface area contributed by atoms with Crippen LogP contribution in [0.1, 0.15) is 36.0 Å². The molecule has 2 aromatic rings. The van der Waals surface area contributed by atoms with Crippen LogP contribution in [0.5, 0.6) is 0 Å². The summed E-state index contributed by atoms with van der Waals surface area (Å²) in [6, 6.07) is 20.4. The fourth-order valence-electron chi connectivity index (χ4n) is 4.48. The fourth-order valence-corrected chi connectivity index (χ4v) is 4.48. The molecular formula is C25H24N2O3. The SMILES string of the molecule is N#CC1(c2ccc(C3=CC4COCC(C3)N4C(=O)OCc3ccccc3)cc2)CC1. The summed E-state index contributed by atoms with van der Waals surface area (Å²) in [4.78, 5) is 14.6. The van der Waals surface area contributed by atoms with Crippen LogP contribution in [-0.4, -0.2) is 36.3 Å². The summed E-state index contributed by atoms with van der Waals surface area (Å²) in [5.74, 6) is 0. The zero-order chi connectivity index (χ0) is 20.6. The summed E-state index contributed by atoms with van der Waals surface area (Å²) in [6.45, 7) is 1.27. The molecule has 1 saturated carbocycles. The largest absolute Gasteiger partial charge is 0.445 e. The number of morpholine rings is 1. The van der Waals surface area contributed by atoms with Crippen molar-refractivity contribution in [2.45, 2.75) is 43.4 Å². The Morgan fingerprint density at radius 1 is 1.13 bits per heavy atom. The third-order valence-corrected chi connectivity index (χ3v) is 6.39. The van der Waals surface area contributed by atoms with Gasteiger partial charge in [-0.1, -0.05) is 60.7 Å². The fraction of sp³-hybridized carbons (Fsp3) is 0.360. The second kappa shape index (κ2) is 7.62. The van der Waals surface area contributed by atoms with Crippen molar-refractivity contribution in [2.75, 3.05) is 13.2 Å². The summed E-state index contributed by atoms with van der Waals surface area (Å²) in [5.41, 5.74) is 4.21. The summed E-state index contributed by atoms with van der Waals surface area (Å²) in [5, 5.41) is 9.41. The lowest BCUT2D eigenvalue weighted by molar-refractivity contribution is -0.0342. The highest BCUT2D eigenvalue weighted by molar-refractivity contribution is 5.74. The molecule has 2 fully saturated rings. The van der Waals surface area contributed by atoms with E-state index >= 15 is 0 Å². The van der Waals surface area contributed by atoms with Crippen LogP contribution in [0.25, 0.3) is 5.57 Å². The van der Waals surface area contributed by atoms with E-state index in [1.165, 1.54) is 5.57 Å². The number of carbonyl (C=O) groups is 1. The van der Waals surface area contributed by atoms with Gasteiger partial charge in [-0.3, -0.25) is 4.90 Å². The molecule has 0 spiro atoms. The zero-order valence-electron chi connectivity index (χ0n) is 16.8. The normalized spacial score (nSPS) is 23.8. The minimum atomic E-state index is -0.285. The van der Waals surface area contributed by atoms with Crippen LogP contribution in [0.4, 0.5) is 4.79 Å². The molecule has 5 rings (SSSR count). The van der Waals surface area contributed by atoms with Gasteiger partial charge in [0.25, 0.3) is 0 Å². The van der Waals surface area contributed by atoms with Gasteiger partial charge in [0, 0.05) is 0 Å². The number of benzene rings is 2. The molecule has 0 radical (unpaired) electrons. The quantitative estimate of drug-likeness (QED) is 0.761. The van der Waals surface area contributed by atoms with Gasteiger partial charge < -0.3 is 9.47 Å². The van der Waals surface area contributed by atoms with Gasteiger partial charge in [-0.25, -0.2) is 4.79 Å². The minimum Gasteiger partial charge on any atom is -0.445 e. The second-order valence-electron chi connectivity index (χ2n) is 8.37. The molecule has 2 unspecified atom stereocenters. The predicted molar refractivity (Wildman–Crippen MR) is 112 cm³/mol. The second-order valence-corrected chi connectivity index (χ2v) is 8.37. The van der Waals surface area contributed by atoms with Gasteiger partial charge in [0.15, 0.2) is 0 Å². The van der Waals surface area contributed by atoms with Crippen LogP contribution in [0, 0.1) is 11.3 Å². The van der Waals surface area contributed by atoms with E-state index in [2.05, 4.69) is 36.4 Å². The molecule has 30 heavy (non-hydrogen) atoms. The number of fused-ring (bicyclic) bond motifs is 2. The molecule has 2 heterocycles. The summed E-state index contributed by atoms with van der Waals surface area (Å²) < 4.78 is 11.3. The van der Waals surface area contributed by atoms with Crippen molar-refractivity contribution in [3.8, 4) is 6.07 Å². The van der Waals surface area contributed by atoms with E-state index in [9.17, 15) is 10.1 Å². The molecule has 2 aromatic carbocycles. The van der Waals surface area contributed by atoms with Gasteiger partial charge in [-0.2, -0.15) is 5.26 Å². The van der Waals surface area contributed by atoms with Crippen molar-refractivity contribution >= 4 is 11.7 Å². The van der Waals surface area contributed by atoms with Crippen LogP contribution in [0.3, 0.4) is 0 Å². The van der Waals surface area contributed by atoms with E-state index in [1.807, 2.05) is 35.2 Å². The molecule has 3 aliphatic rings. The van der Waals surface area contributed by atoms with E-state index in [1.54, 1.807) is 0 Å². The first-order chi connectivity index (χ1) is 14.7. The van der Waals surface area contributed by atoms with Crippen LogP contribution >= 0.6 is 0 Å². The van der Waals surface area contributed by atoms with Crippen molar-refractivity contribution in [3.63, 3.8) is 0 Å². The Hall–Kier alpha value is -3.10. The molecule has 0 N–H and O–H groups in total. The van der Waals surface area contributed by atoms with Crippen LogP contribution in [0.2, 0.25) is 0 Å². The number of rotatable bonds is 4. The highest BCUT2D eigenvalue weighted by atomic mass is 16.6. The first kappa shape index (κ1) is 18.9. The summed E-state index contributed by atoms with van der Waals surface area (Å²) >= 11 is 0. The zero-order valence-corrected chi connectivity index (χ0v) is 16.8. The molecule has 1 saturated heterocycles. The molecular weight excluding hydrogens is 376 g/mol. The van der Waals surface area contributed by atoms with Crippen molar-refractivity contribution in [1.29, 1.82) is 5.26 Å². The average molecular weight is 400 g/mol. The van der Waals surface area contributed by atoms with Crippen LogP contribution in [-0.2, 0) is 21.5 Å². The van der Waals surface area contributed by atoms with Gasteiger partial charge in [-0.15, -0.1) is 0 Å². The summed E-state index contributed by atoms with van der Waals surface area (Å²) in [7, 11) is 0. The lowest BCUT2D eigenvalue weighted by atomic mass is 9.88. The van der Waals surface area contributed by atoms with Gasteiger partial charge in [0.1, 0.15) is 6.61 Å². The Balaban J connectivity index is 1.31. The molecule has 0 aromatic heterocycles. The monoisotopic (exact) mass is 400 g/mol. The molecule has 2 aliphatic heterocycles. The van der Waals surface area contributed by atoms with Gasteiger partial charge in [0.05, 0.1) is 36.8 Å². The number of ether oxygens (including phenoxy) is 2. The maximum absolute atomic E-state index is 12.8. The first-order valence-electron chi connectivity index (χ1n) is 10.5. The highest BCUT2D eigenvalue weighted by Gasteiger charge is 2.45. The van der Waals surface area contributed by atoms with Crippen molar-refractivity contribution in [3.05, 3.63) is 77.4 Å². The third kappa shape index (κ3) is 3.48. The molecule has 2 atom stereocenters. The number of hydrogen-bond acceptors (Lipinski definition) is 4. The summed E-state index contributed by atoms with van der Waals surface area (Å²) in [6.07, 6.45) is 4.48. The third-order valence-electron chi connectivity index (χ3n) is 6.39. The Labute approximate surface area is 176 Å². The Morgan fingerprint density at radius 2 is 1.90 bits per heavy atom. The Bertz CT molecular complexity index is 1000. The topological polar surface area (TPSA) is 62.6 Å². The van der Waals surface area contributed by atoms with Gasteiger partial charge in [0.2, 0.25) is 0 Å². The number of amides is 1. The smallest absolute Gasteiger partial charge is 0.411 e. The van der Waals surface area contributed by atoms with Crippen LogP contribution < -0.4 is 0 Å². The molecule has 1 amide bonds. The average Bonchev–Trinajstić information content (AvgIpc) is 3.59. The minimum absolute atomic E-state index is 0.0272. The van der Waals surface area contributed by atoms with E-state index in [0.29, 0.717) is 13.2 Å². The van der Waals surface area contributed by atoms with Gasteiger partial charge in [-0.05, 0) is 41.5 Å². The lowest BCUT2D eigenvalue weighted by Gasteiger charge is -2.43. The number of carbonyl (C=O) groups excluding carboxylic acids is 1. The Morgan fingerprint density at radius 3 is 2.57 bits per heavy atom. The first-order valence-corrected chi connectivity index (χ1v) is 10.5. The lowest BCUT2D eigenvalue weighted by Crippen LogP contribution is -2.56. The predicted octanol–water partition coefficient (Wildman–Crippen LogP) is 4.44. The van der Waals surface area contributed by atoms with Gasteiger partial charge >= 0.3 is 6.09 Å². The maximum atomic E-state index is 12.8. The molecule has 1 aliphatic carbocycles. The number of nitrogens with zero attached hydrogens (tertiary/aromatic N) is 2. The molecule has 2 bridgehead atoms. The van der Waals surface area contributed by atoms with E-state index in [0.717, 1.165) is 36.0 Å². The highest BCUT2D eigenvalue weighted by Crippen LogP contribution is 2.47. The molecule has 5 heteroatoms. The van der Waals surface area contributed by atoms with Crippen molar-refractivity contribution in [2.24, 2.45) is 0 Å². The van der Waals surface area contributed by atoms with E-state index in [-0.39, 0.29) is 30.2 Å². The maximum Gasteiger partial charge on any atom is 0.411 e. The molecule has 152 valence electrons. The number of hydrogen-bond donors (Lipinski definition) is 0. The van der Waals surface area contributed by atoms with Crippen molar-refractivity contribution < 1.29 is 14.3 Å². The number of nitriles is 1. The standard InChI is InChI=1S/C25H24N2O3/c26-17-25(10-11-25)21-8-6-19(7-9-21)20-12-22-15-29-16-23(13-20)27(22)24(28)30-14-18-4-2-1-3-5-18/h1-9,12,22-23H,10-11,13-16H2. The van der Waals surface area contributed by atoms with E-state index in [4.69, 9.17) is 9.47 Å².